The van der Waals surface area contributed by atoms with Crippen LogP contribution in [-0.2, 0) is 4.79 Å². The predicted octanol–water partition coefficient (Wildman–Crippen LogP) is 3.73. The minimum absolute atomic E-state index is 0.00702. The number of hydrogen-bond donors (Lipinski definition) is 1. The van der Waals surface area contributed by atoms with E-state index in [1.807, 2.05) is 0 Å². The molecular weight excluding hydrogens is 338 g/mol. The maximum Gasteiger partial charge on any atom is 0.303 e. The van der Waals surface area contributed by atoms with Crippen LogP contribution in [-0.4, -0.2) is 28.4 Å². The third kappa shape index (κ3) is 5.86. The van der Waals surface area contributed by atoms with Gasteiger partial charge in [0.2, 0.25) is 0 Å². The molecule has 0 aliphatic rings. The molecule has 0 saturated carbocycles. The highest BCUT2D eigenvalue weighted by Crippen LogP contribution is 2.15. The molecule has 0 atom stereocenters. The van der Waals surface area contributed by atoms with E-state index in [1.165, 1.54) is 18.2 Å². The normalized spacial score (nSPS) is 10.6. The topological polar surface area (TPSA) is 107 Å². The fraction of sp³-hybridized carbons (Fsp3) is 0.158. The highest BCUT2D eigenvalue weighted by Gasteiger charge is 2.05. The zero-order valence-corrected chi connectivity index (χ0v) is 13.8. The van der Waals surface area contributed by atoms with Crippen molar-refractivity contribution in [2.75, 3.05) is 6.61 Å². The molecule has 0 aliphatic carbocycles. The number of benzene rings is 2. The molecule has 7 heteroatoms. The fourth-order valence-corrected chi connectivity index (χ4v) is 2.10. The van der Waals surface area contributed by atoms with Gasteiger partial charge in [0, 0.05) is 24.1 Å². The zero-order chi connectivity index (χ0) is 18.9. The Balaban J connectivity index is 1.90. The summed E-state index contributed by atoms with van der Waals surface area (Å²) in [6, 6.07) is 12.4. The number of carboxylic acid groups (broad SMARTS) is 1. The van der Waals surface area contributed by atoms with Crippen LogP contribution in [0.4, 0.5) is 5.69 Å². The average molecular weight is 355 g/mol. The highest BCUT2D eigenvalue weighted by atomic mass is 16.6. The number of nitro benzene ring substituents is 1. The molecular formula is C19H17NO6. The molecule has 0 heterocycles. The Hall–Kier alpha value is -3.48. The summed E-state index contributed by atoms with van der Waals surface area (Å²) in [5, 5.41) is 19.2. The molecule has 26 heavy (non-hydrogen) atoms. The second-order valence-electron chi connectivity index (χ2n) is 5.42. The fourth-order valence-electron chi connectivity index (χ4n) is 2.10. The molecule has 0 unspecified atom stereocenters. The van der Waals surface area contributed by atoms with Crippen molar-refractivity contribution in [1.29, 1.82) is 0 Å². The van der Waals surface area contributed by atoms with Gasteiger partial charge in [-0.05, 0) is 54.5 Å². The Bertz CT molecular complexity index is 809. The number of hydrogen-bond acceptors (Lipinski definition) is 5. The lowest BCUT2D eigenvalue weighted by atomic mass is 10.1. The first-order valence-corrected chi connectivity index (χ1v) is 7.87. The van der Waals surface area contributed by atoms with Gasteiger partial charge in [-0.25, -0.2) is 0 Å². The number of nitrogens with zero attached hydrogens (tertiary/aromatic N) is 1. The predicted molar refractivity (Wildman–Crippen MR) is 95.3 cm³/mol. The van der Waals surface area contributed by atoms with E-state index in [4.69, 9.17) is 9.84 Å². The van der Waals surface area contributed by atoms with Gasteiger partial charge in [-0.15, -0.1) is 0 Å². The number of carbonyl (C=O) groups excluding carboxylic acids is 1. The van der Waals surface area contributed by atoms with Gasteiger partial charge < -0.3 is 9.84 Å². The Labute approximate surface area is 149 Å². The van der Waals surface area contributed by atoms with Crippen molar-refractivity contribution in [2.45, 2.75) is 12.8 Å². The van der Waals surface area contributed by atoms with E-state index in [2.05, 4.69) is 0 Å². The van der Waals surface area contributed by atoms with Crippen molar-refractivity contribution in [3.05, 3.63) is 75.8 Å². The maximum absolute atomic E-state index is 12.1. The second-order valence-corrected chi connectivity index (χ2v) is 5.42. The quantitative estimate of drug-likeness (QED) is 0.241. The van der Waals surface area contributed by atoms with E-state index >= 15 is 0 Å². The summed E-state index contributed by atoms with van der Waals surface area (Å²) in [6.45, 7) is 0.291. The van der Waals surface area contributed by atoms with Crippen molar-refractivity contribution >= 4 is 23.5 Å². The first-order chi connectivity index (χ1) is 12.5. The lowest BCUT2D eigenvalue weighted by Crippen LogP contribution is -2.02. The largest absolute Gasteiger partial charge is 0.494 e. The van der Waals surface area contributed by atoms with E-state index in [-0.39, 0.29) is 17.9 Å². The van der Waals surface area contributed by atoms with Crippen molar-refractivity contribution in [1.82, 2.24) is 0 Å². The number of carboxylic acids is 1. The Morgan fingerprint density at radius 2 is 1.73 bits per heavy atom. The van der Waals surface area contributed by atoms with Crippen LogP contribution in [0.1, 0.15) is 28.8 Å². The third-order valence-corrected chi connectivity index (χ3v) is 3.47. The van der Waals surface area contributed by atoms with Crippen molar-refractivity contribution in [3.63, 3.8) is 0 Å². The summed E-state index contributed by atoms with van der Waals surface area (Å²) >= 11 is 0. The molecule has 2 aromatic rings. The summed E-state index contributed by atoms with van der Waals surface area (Å²) in [5.41, 5.74) is 1.15. The number of non-ortho nitro benzene ring substituents is 1. The third-order valence-electron chi connectivity index (χ3n) is 3.47. The molecule has 1 N–H and O–H groups in total. The number of ketones is 1. The summed E-state index contributed by atoms with van der Waals surface area (Å²) in [7, 11) is 0. The number of ether oxygens (including phenoxy) is 1. The van der Waals surface area contributed by atoms with Crippen molar-refractivity contribution in [2.24, 2.45) is 0 Å². The minimum Gasteiger partial charge on any atom is -0.494 e. The highest BCUT2D eigenvalue weighted by molar-refractivity contribution is 6.06. The van der Waals surface area contributed by atoms with Crippen molar-refractivity contribution < 1.29 is 24.4 Å². The summed E-state index contributed by atoms with van der Waals surface area (Å²) in [5.74, 6) is -0.513. The van der Waals surface area contributed by atoms with Gasteiger partial charge in [-0.2, -0.15) is 0 Å². The smallest absolute Gasteiger partial charge is 0.303 e. The lowest BCUT2D eigenvalue weighted by molar-refractivity contribution is -0.384. The maximum atomic E-state index is 12.1. The molecule has 0 aliphatic heterocycles. The SMILES string of the molecule is O=C(O)CCCOc1ccc(C(=O)/C=C/c2ccc([N+](=O)[O-])cc2)cc1. The van der Waals surface area contributed by atoms with Crippen LogP contribution in [0.3, 0.4) is 0 Å². The average Bonchev–Trinajstić information content (AvgIpc) is 2.64. The summed E-state index contributed by atoms with van der Waals surface area (Å²) < 4.78 is 5.40. The Morgan fingerprint density at radius 1 is 1.08 bits per heavy atom. The Morgan fingerprint density at radius 3 is 2.31 bits per heavy atom. The van der Waals surface area contributed by atoms with Crippen LogP contribution in [0, 0.1) is 10.1 Å². The molecule has 0 spiro atoms. The monoisotopic (exact) mass is 355 g/mol. The number of carbonyl (C=O) groups is 2. The first kappa shape index (κ1) is 18.9. The van der Waals surface area contributed by atoms with Crippen LogP contribution >= 0.6 is 0 Å². The van der Waals surface area contributed by atoms with Gasteiger partial charge in [0.1, 0.15) is 5.75 Å². The van der Waals surface area contributed by atoms with E-state index < -0.39 is 10.9 Å². The van der Waals surface area contributed by atoms with Crippen LogP contribution < -0.4 is 4.74 Å². The minimum atomic E-state index is -0.866. The van der Waals surface area contributed by atoms with Gasteiger partial charge in [0.05, 0.1) is 11.5 Å². The van der Waals surface area contributed by atoms with Gasteiger partial charge in [-0.1, -0.05) is 6.08 Å². The van der Waals surface area contributed by atoms with E-state index in [0.29, 0.717) is 29.9 Å². The van der Waals surface area contributed by atoms with Gasteiger partial charge in [0.15, 0.2) is 5.78 Å². The second kappa shape index (κ2) is 9.12. The molecule has 0 fully saturated rings. The number of allylic oxidation sites excluding steroid dienone is 1. The molecule has 0 aromatic heterocycles. The van der Waals surface area contributed by atoms with Crippen LogP contribution in [0.2, 0.25) is 0 Å². The molecule has 7 nitrogen and oxygen atoms in total. The molecule has 0 saturated heterocycles. The van der Waals surface area contributed by atoms with Crippen LogP contribution in [0.25, 0.3) is 6.08 Å². The first-order valence-electron chi connectivity index (χ1n) is 7.87. The summed E-state index contributed by atoms with van der Waals surface area (Å²) in [6.07, 6.45) is 3.43. The number of aliphatic carboxylic acids is 1. The molecule has 0 bridgehead atoms. The van der Waals surface area contributed by atoms with E-state index in [9.17, 15) is 19.7 Å². The van der Waals surface area contributed by atoms with E-state index in [1.54, 1.807) is 42.5 Å². The molecule has 0 amide bonds. The molecule has 2 rings (SSSR count). The molecule has 2 aromatic carbocycles. The molecule has 134 valence electrons. The van der Waals surface area contributed by atoms with Gasteiger partial charge in [0.25, 0.3) is 5.69 Å². The van der Waals surface area contributed by atoms with Gasteiger partial charge in [-0.3, -0.25) is 19.7 Å². The number of nitro groups is 1. The van der Waals surface area contributed by atoms with Crippen molar-refractivity contribution in [3.8, 4) is 5.75 Å². The van der Waals surface area contributed by atoms with Gasteiger partial charge >= 0.3 is 5.97 Å². The summed E-state index contributed by atoms with van der Waals surface area (Å²) in [4.78, 5) is 32.7. The molecule has 0 radical (unpaired) electrons. The zero-order valence-electron chi connectivity index (χ0n) is 13.8. The Kier molecular flexibility index (Phi) is 6.61. The van der Waals surface area contributed by atoms with Crippen LogP contribution in [0.5, 0.6) is 5.75 Å². The van der Waals surface area contributed by atoms with E-state index in [0.717, 1.165) is 0 Å². The lowest BCUT2D eigenvalue weighted by Gasteiger charge is -2.05. The number of rotatable bonds is 9. The standard InChI is InChI=1S/C19H17NO6/c21-18(12-5-14-3-8-16(9-4-14)20(24)25)15-6-10-17(11-7-15)26-13-1-2-19(22)23/h3-12H,1-2,13H2,(H,22,23)/b12-5+. The van der Waals surface area contributed by atoms with Crippen LogP contribution in [0.15, 0.2) is 54.6 Å².